The van der Waals surface area contributed by atoms with Crippen molar-refractivity contribution in [3.8, 4) is 0 Å². The highest BCUT2D eigenvalue weighted by Gasteiger charge is 2.21. The summed E-state index contributed by atoms with van der Waals surface area (Å²) in [6.07, 6.45) is 0. The molecule has 0 bridgehead atoms. The summed E-state index contributed by atoms with van der Waals surface area (Å²) in [4.78, 5) is 10.9. The van der Waals surface area contributed by atoms with Crippen LogP contribution in [0.3, 0.4) is 0 Å². The first-order chi connectivity index (χ1) is 6.06. The number of aryl methyl sites for hydroxylation is 1. The van der Waals surface area contributed by atoms with Crippen LogP contribution in [0.5, 0.6) is 0 Å². The van der Waals surface area contributed by atoms with E-state index in [0.717, 1.165) is 0 Å². The molecule has 70 valence electrons. The van der Waals surface area contributed by atoms with Gasteiger partial charge in [0.2, 0.25) is 5.76 Å². The van der Waals surface area contributed by atoms with Crippen LogP contribution in [0, 0.1) is 6.92 Å². The van der Waals surface area contributed by atoms with Gasteiger partial charge in [-0.2, -0.15) is 0 Å². The van der Waals surface area contributed by atoms with E-state index in [4.69, 9.17) is 14.5 Å². The van der Waals surface area contributed by atoms with Crippen molar-refractivity contribution in [2.24, 2.45) is 0 Å². The van der Waals surface area contributed by atoms with Crippen molar-refractivity contribution in [1.82, 2.24) is 0 Å². The summed E-state index contributed by atoms with van der Waals surface area (Å²) in [5.74, 6) is -0.395. The molecule has 0 radical (unpaired) electrons. The summed E-state index contributed by atoms with van der Waals surface area (Å²) in [5, 5.41) is 17.6. The van der Waals surface area contributed by atoms with E-state index in [9.17, 15) is 4.79 Å². The van der Waals surface area contributed by atoms with E-state index in [1.165, 1.54) is 20.1 Å². The van der Waals surface area contributed by atoms with Gasteiger partial charge in [-0.3, -0.25) is 0 Å². The highest BCUT2D eigenvalue weighted by atomic mass is 16.5. The molecule has 0 spiro atoms. The highest BCUT2D eigenvalue weighted by molar-refractivity contribution is 6.59. The average molecular weight is 184 g/mol. The van der Waals surface area contributed by atoms with Crippen molar-refractivity contribution in [2.75, 3.05) is 7.11 Å². The molecular weight excluding hydrogens is 175 g/mol. The number of hydrogen-bond acceptors (Lipinski definition) is 5. The number of methoxy groups -OCH3 is 1. The molecule has 1 aromatic rings. The topological polar surface area (TPSA) is 79.9 Å². The van der Waals surface area contributed by atoms with Crippen molar-refractivity contribution >= 4 is 18.6 Å². The molecule has 0 saturated heterocycles. The number of esters is 1. The number of carbonyl (C=O) groups excluding carboxylic acids is 1. The normalized spacial score (nSPS) is 9.85. The molecule has 0 aliphatic rings. The Hall–Kier alpha value is -1.27. The lowest BCUT2D eigenvalue weighted by Gasteiger charge is -1.91. The number of hydrogen-bond donors (Lipinski definition) is 2. The molecule has 0 fully saturated rings. The van der Waals surface area contributed by atoms with Gasteiger partial charge in [0.25, 0.3) is 0 Å². The van der Waals surface area contributed by atoms with Crippen LogP contribution in [-0.4, -0.2) is 30.2 Å². The minimum absolute atomic E-state index is 0.0388. The summed E-state index contributed by atoms with van der Waals surface area (Å²) >= 11 is 0. The molecule has 0 aliphatic heterocycles. The fourth-order valence-corrected chi connectivity index (χ4v) is 0.954. The molecule has 1 rings (SSSR count). The third-order valence-corrected chi connectivity index (χ3v) is 1.62. The van der Waals surface area contributed by atoms with Crippen LogP contribution in [0.25, 0.3) is 0 Å². The zero-order chi connectivity index (χ0) is 10.0. The largest absolute Gasteiger partial charge is 0.492 e. The standard InChI is InChI=1S/C7H9BO5/c1-4-5(8(10)11)3-6(13-4)7(9)12-2/h3,10-11H,1-2H3. The third-order valence-electron chi connectivity index (χ3n) is 1.62. The molecule has 0 aliphatic carbocycles. The number of carbonyl (C=O) groups is 1. The Morgan fingerprint density at radius 3 is 2.62 bits per heavy atom. The van der Waals surface area contributed by atoms with Gasteiger partial charge in [-0.15, -0.1) is 0 Å². The van der Waals surface area contributed by atoms with Crippen LogP contribution in [0.2, 0.25) is 0 Å². The van der Waals surface area contributed by atoms with Crippen LogP contribution < -0.4 is 5.46 Å². The molecule has 6 heteroatoms. The van der Waals surface area contributed by atoms with E-state index < -0.39 is 13.1 Å². The highest BCUT2D eigenvalue weighted by Crippen LogP contribution is 2.05. The van der Waals surface area contributed by atoms with Crippen LogP contribution in [0.4, 0.5) is 0 Å². The van der Waals surface area contributed by atoms with Gasteiger partial charge < -0.3 is 19.2 Å². The van der Waals surface area contributed by atoms with Crippen LogP contribution in [0.1, 0.15) is 16.3 Å². The van der Waals surface area contributed by atoms with Gasteiger partial charge in [-0.1, -0.05) is 0 Å². The van der Waals surface area contributed by atoms with E-state index in [1.807, 2.05) is 0 Å². The van der Waals surface area contributed by atoms with Crippen molar-refractivity contribution < 1.29 is 24.0 Å². The molecule has 0 aromatic carbocycles. The van der Waals surface area contributed by atoms with Crippen LogP contribution in [0.15, 0.2) is 10.5 Å². The second-order valence-electron chi connectivity index (χ2n) is 2.49. The lowest BCUT2D eigenvalue weighted by Crippen LogP contribution is -2.30. The van der Waals surface area contributed by atoms with Crippen molar-refractivity contribution in [3.63, 3.8) is 0 Å². The number of ether oxygens (including phenoxy) is 1. The zero-order valence-electron chi connectivity index (χ0n) is 7.27. The molecule has 0 atom stereocenters. The smallest absolute Gasteiger partial charge is 0.463 e. The molecule has 13 heavy (non-hydrogen) atoms. The fourth-order valence-electron chi connectivity index (χ4n) is 0.954. The Balaban J connectivity index is 3.02. The van der Waals surface area contributed by atoms with E-state index in [1.54, 1.807) is 0 Å². The molecule has 0 amide bonds. The Kier molecular flexibility index (Phi) is 2.74. The Labute approximate surface area is 75.1 Å². The second kappa shape index (κ2) is 3.63. The second-order valence-corrected chi connectivity index (χ2v) is 2.49. The maximum atomic E-state index is 10.9. The average Bonchev–Trinajstić information content (AvgIpc) is 2.46. The first-order valence-corrected chi connectivity index (χ1v) is 3.61. The zero-order valence-corrected chi connectivity index (χ0v) is 7.27. The van der Waals surface area contributed by atoms with Crippen LogP contribution >= 0.6 is 0 Å². The van der Waals surface area contributed by atoms with Gasteiger partial charge >= 0.3 is 13.1 Å². The maximum absolute atomic E-state index is 10.9. The lowest BCUT2D eigenvalue weighted by molar-refractivity contribution is 0.0563. The fraction of sp³-hybridized carbons (Fsp3) is 0.286. The maximum Gasteiger partial charge on any atom is 0.492 e. The molecular formula is C7H9BO5. The summed E-state index contributed by atoms with van der Waals surface area (Å²) < 4.78 is 9.32. The Morgan fingerprint density at radius 2 is 2.23 bits per heavy atom. The quantitative estimate of drug-likeness (QED) is 0.457. The SMILES string of the molecule is COC(=O)c1cc(B(O)O)c(C)o1. The summed E-state index contributed by atoms with van der Waals surface area (Å²) in [5.41, 5.74) is 0.167. The molecule has 1 aromatic heterocycles. The minimum Gasteiger partial charge on any atom is -0.463 e. The third kappa shape index (κ3) is 1.91. The molecule has 0 unspecified atom stereocenters. The van der Waals surface area contributed by atoms with Gasteiger partial charge in [0.05, 0.1) is 7.11 Å². The Morgan fingerprint density at radius 1 is 1.62 bits per heavy atom. The monoisotopic (exact) mass is 184 g/mol. The first kappa shape index (κ1) is 9.82. The summed E-state index contributed by atoms with van der Waals surface area (Å²) in [6.45, 7) is 1.53. The Bertz CT molecular complexity index is 317. The summed E-state index contributed by atoms with van der Waals surface area (Å²) in [7, 11) is -0.419. The number of rotatable bonds is 2. The molecule has 0 saturated carbocycles. The van der Waals surface area contributed by atoms with E-state index in [2.05, 4.69) is 4.74 Å². The van der Waals surface area contributed by atoms with Crippen molar-refractivity contribution in [2.45, 2.75) is 6.92 Å². The summed E-state index contributed by atoms with van der Waals surface area (Å²) in [6, 6.07) is 1.24. The lowest BCUT2D eigenvalue weighted by atomic mass is 9.80. The minimum atomic E-state index is -1.64. The van der Waals surface area contributed by atoms with E-state index in [0.29, 0.717) is 0 Å². The van der Waals surface area contributed by atoms with Crippen molar-refractivity contribution in [3.05, 3.63) is 17.6 Å². The molecule has 5 nitrogen and oxygen atoms in total. The van der Waals surface area contributed by atoms with Crippen molar-refractivity contribution in [1.29, 1.82) is 0 Å². The molecule has 2 N–H and O–H groups in total. The first-order valence-electron chi connectivity index (χ1n) is 3.61. The predicted molar refractivity (Wildman–Crippen MR) is 44.6 cm³/mol. The van der Waals surface area contributed by atoms with Crippen LogP contribution in [-0.2, 0) is 4.74 Å². The van der Waals surface area contributed by atoms with Gasteiger partial charge in [0.15, 0.2) is 0 Å². The van der Waals surface area contributed by atoms with E-state index >= 15 is 0 Å². The number of furan rings is 1. The van der Waals surface area contributed by atoms with E-state index in [-0.39, 0.29) is 17.0 Å². The van der Waals surface area contributed by atoms with Gasteiger partial charge in [-0.05, 0) is 13.0 Å². The molecule has 1 heterocycles. The predicted octanol–water partition coefficient (Wildman–Crippen LogP) is -0.946. The van der Waals surface area contributed by atoms with Gasteiger partial charge in [-0.25, -0.2) is 4.79 Å². The van der Waals surface area contributed by atoms with Gasteiger partial charge in [0.1, 0.15) is 5.76 Å². The van der Waals surface area contributed by atoms with Gasteiger partial charge in [0, 0.05) is 5.46 Å².